The Morgan fingerprint density at radius 3 is 2.94 bits per heavy atom. The van der Waals surface area contributed by atoms with E-state index in [1.165, 1.54) is 11.3 Å². The number of benzene rings is 1. The molecule has 3 aromatic rings. The maximum Gasteiger partial charge on any atom is 0.304 e. The van der Waals surface area contributed by atoms with Crippen molar-refractivity contribution in [3.05, 3.63) is 49.3 Å². The summed E-state index contributed by atoms with van der Waals surface area (Å²) in [6, 6.07) is 6.06. The molecule has 0 unspecified atom stereocenters. The van der Waals surface area contributed by atoms with E-state index < -0.39 is 0 Å². The first-order valence-electron chi connectivity index (χ1n) is 5.50. The Kier molecular flexibility index (Phi) is 2.68. The molecule has 92 valence electrons. The van der Waals surface area contributed by atoms with Crippen LogP contribution in [0.4, 0.5) is 0 Å². The summed E-state index contributed by atoms with van der Waals surface area (Å²) in [6.45, 7) is 2.64. The molecule has 1 aromatic carbocycles. The quantitative estimate of drug-likeness (QED) is 0.708. The molecule has 0 saturated carbocycles. The van der Waals surface area contributed by atoms with Gasteiger partial charge in [0.1, 0.15) is 0 Å². The summed E-state index contributed by atoms with van der Waals surface area (Å²) in [7, 11) is 0. The first-order valence-corrected chi connectivity index (χ1v) is 6.79. The molecule has 0 amide bonds. The van der Waals surface area contributed by atoms with Gasteiger partial charge in [0.05, 0.1) is 17.6 Å². The van der Waals surface area contributed by atoms with Crippen LogP contribution in [-0.2, 0) is 6.54 Å². The molecule has 0 aliphatic heterocycles. The van der Waals surface area contributed by atoms with Gasteiger partial charge in [-0.3, -0.25) is 4.79 Å². The molecule has 0 saturated heterocycles. The minimum absolute atomic E-state index is 0.0342. The van der Waals surface area contributed by atoms with Crippen molar-refractivity contribution in [2.45, 2.75) is 13.5 Å². The van der Waals surface area contributed by atoms with Gasteiger partial charge in [-0.15, -0.1) is 0 Å². The summed E-state index contributed by atoms with van der Waals surface area (Å²) in [5.41, 5.74) is 4.16. The van der Waals surface area contributed by atoms with Crippen LogP contribution in [0.5, 0.6) is 0 Å². The highest BCUT2D eigenvalue weighted by Gasteiger charge is 2.08. The van der Waals surface area contributed by atoms with Crippen molar-refractivity contribution in [3.8, 4) is 0 Å². The van der Waals surface area contributed by atoms with Crippen LogP contribution < -0.4 is 4.87 Å². The standard InChI is InChI=1S/C12H11N3OS2/c1-7-3-2-4-9-10(7)15(11(17)14-9)5-8-6-18-12(16)13-8/h2-4,6H,5H2,1H3,(H,13,16)(H,14,17). The number of hydrogen-bond donors (Lipinski definition) is 2. The number of aromatic nitrogens is 3. The van der Waals surface area contributed by atoms with E-state index in [1.807, 2.05) is 22.1 Å². The second-order valence-electron chi connectivity index (χ2n) is 4.16. The largest absolute Gasteiger partial charge is 0.331 e. The van der Waals surface area contributed by atoms with Crippen LogP contribution in [0.15, 0.2) is 28.4 Å². The molecule has 0 atom stereocenters. The maximum atomic E-state index is 11.2. The highest BCUT2D eigenvalue weighted by molar-refractivity contribution is 7.71. The fourth-order valence-electron chi connectivity index (χ4n) is 2.12. The lowest BCUT2D eigenvalue weighted by Gasteiger charge is -2.04. The summed E-state index contributed by atoms with van der Waals surface area (Å²) < 4.78 is 2.68. The number of para-hydroxylation sites is 1. The molecule has 6 heteroatoms. The molecular formula is C12H11N3OS2. The van der Waals surface area contributed by atoms with Crippen LogP contribution in [0, 0.1) is 11.7 Å². The Morgan fingerprint density at radius 1 is 1.39 bits per heavy atom. The zero-order valence-electron chi connectivity index (χ0n) is 9.69. The summed E-state index contributed by atoms with van der Waals surface area (Å²) in [6.07, 6.45) is 0. The Labute approximate surface area is 112 Å². The average molecular weight is 277 g/mol. The predicted molar refractivity (Wildman–Crippen MR) is 75.9 cm³/mol. The molecule has 2 heterocycles. The van der Waals surface area contributed by atoms with Crippen molar-refractivity contribution >= 4 is 34.6 Å². The first kappa shape index (κ1) is 11.4. The van der Waals surface area contributed by atoms with Crippen molar-refractivity contribution < 1.29 is 0 Å². The minimum Gasteiger partial charge on any atom is -0.331 e. The molecule has 0 bridgehead atoms. The highest BCUT2D eigenvalue weighted by Crippen LogP contribution is 2.19. The lowest BCUT2D eigenvalue weighted by atomic mass is 10.2. The van der Waals surface area contributed by atoms with Gasteiger partial charge in [0.2, 0.25) is 0 Å². The SMILES string of the molecule is Cc1cccc2[nH]c(=S)n(Cc3csc(=O)[nH]3)c12. The number of nitrogens with one attached hydrogen (secondary N) is 2. The summed E-state index contributed by atoms with van der Waals surface area (Å²) in [4.78, 5) is 17.1. The molecule has 2 aromatic heterocycles. The van der Waals surface area contributed by atoms with Crippen LogP contribution in [0.1, 0.15) is 11.3 Å². The molecule has 2 N–H and O–H groups in total. The van der Waals surface area contributed by atoms with Crippen molar-refractivity contribution in [2.75, 3.05) is 0 Å². The van der Waals surface area contributed by atoms with Crippen LogP contribution in [0.25, 0.3) is 11.0 Å². The predicted octanol–water partition coefficient (Wildman–Crippen LogP) is 2.81. The Balaban J connectivity index is 2.19. The Morgan fingerprint density at radius 2 is 2.22 bits per heavy atom. The van der Waals surface area contributed by atoms with E-state index in [-0.39, 0.29) is 4.87 Å². The van der Waals surface area contributed by atoms with E-state index >= 15 is 0 Å². The lowest BCUT2D eigenvalue weighted by molar-refractivity contribution is 0.787. The molecule has 0 aliphatic rings. The van der Waals surface area contributed by atoms with Gasteiger partial charge in [0.15, 0.2) is 4.77 Å². The van der Waals surface area contributed by atoms with Gasteiger partial charge in [-0.1, -0.05) is 23.5 Å². The van der Waals surface area contributed by atoms with Crippen molar-refractivity contribution in [3.63, 3.8) is 0 Å². The monoisotopic (exact) mass is 277 g/mol. The van der Waals surface area contributed by atoms with Gasteiger partial charge >= 0.3 is 4.87 Å². The average Bonchev–Trinajstić information content (AvgIpc) is 2.85. The number of hydrogen-bond acceptors (Lipinski definition) is 3. The van der Waals surface area contributed by atoms with Gasteiger partial charge in [-0.05, 0) is 30.8 Å². The number of H-pyrrole nitrogens is 2. The summed E-state index contributed by atoms with van der Waals surface area (Å²) >= 11 is 6.51. The zero-order chi connectivity index (χ0) is 12.7. The van der Waals surface area contributed by atoms with Crippen molar-refractivity contribution in [2.24, 2.45) is 0 Å². The van der Waals surface area contributed by atoms with Crippen LogP contribution in [0.3, 0.4) is 0 Å². The number of aryl methyl sites for hydroxylation is 1. The van der Waals surface area contributed by atoms with E-state index in [9.17, 15) is 4.79 Å². The van der Waals surface area contributed by atoms with Gasteiger partial charge in [0.25, 0.3) is 0 Å². The molecule has 0 spiro atoms. The van der Waals surface area contributed by atoms with E-state index in [0.717, 1.165) is 22.3 Å². The zero-order valence-corrected chi connectivity index (χ0v) is 11.3. The molecule has 0 aliphatic carbocycles. The van der Waals surface area contributed by atoms with E-state index in [0.29, 0.717) is 11.3 Å². The Hall–Kier alpha value is -1.66. The van der Waals surface area contributed by atoms with Crippen LogP contribution in [-0.4, -0.2) is 14.5 Å². The van der Waals surface area contributed by atoms with Crippen LogP contribution in [0.2, 0.25) is 0 Å². The van der Waals surface area contributed by atoms with Gasteiger partial charge in [-0.2, -0.15) is 0 Å². The number of aromatic amines is 2. The molecule has 0 fully saturated rings. The third-order valence-corrected chi connectivity index (χ3v) is 3.93. The molecular weight excluding hydrogens is 266 g/mol. The summed E-state index contributed by atoms with van der Waals surface area (Å²) in [5, 5.41) is 1.83. The second kappa shape index (κ2) is 4.22. The number of rotatable bonds is 2. The van der Waals surface area contributed by atoms with E-state index in [1.54, 1.807) is 0 Å². The van der Waals surface area contributed by atoms with E-state index in [4.69, 9.17) is 12.2 Å². The number of thiazole rings is 1. The lowest BCUT2D eigenvalue weighted by Crippen LogP contribution is -2.03. The highest BCUT2D eigenvalue weighted by atomic mass is 32.1. The fraction of sp³-hybridized carbons (Fsp3) is 0.167. The molecule has 4 nitrogen and oxygen atoms in total. The van der Waals surface area contributed by atoms with Crippen LogP contribution >= 0.6 is 23.6 Å². The van der Waals surface area contributed by atoms with Gasteiger partial charge in [0, 0.05) is 11.1 Å². The number of nitrogens with zero attached hydrogens (tertiary/aromatic N) is 1. The smallest absolute Gasteiger partial charge is 0.304 e. The third-order valence-electron chi connectivity index (χ3n) is 2.89. The molecule has 3 rings (SSSR count). The van der Waals surface area contributed by atoms with Crippen molar-refractivity contribution in [1.29, 1.82) is 0 Å². The summed E-state index contributed by atoms with van der Waals surface area (Å²) in [5.74, 6) is 0. The Bertz CT molecular complexity index is 822. The topological polar surface area (TPSA) is 53.6 Å². The maximum absolute atomic E-state index is 11.2. The third kappa shape index (κ3) is 1.83. The van der Waals surface area contributed by atoms with Crippen molar-refractivity contribution in [1.82, 2.24) is 14.5 Å². The van der Waals surface area contributed by atoms with Gasteiger partial charge in [-0.25, -0.2) is 0 Å². The number of imidazole rings is 1. The second-order valence-corrected chi connectivity index (χ2v) is 5.39. The fourth-order valence-corrected chi connectivity index (χ4v) is 2.95. The van der Waals surface area contributed by atoms with E-state index in [2.05, 4.69) is 23.0 Å². The molecule has 0 radical (unpaired) electrons. The van der Waals surface area contributed by atoms with Gasteiger partial charge < -0.3 is 14.5 Å². The normalized spacial score (nSPS) is 11.2. The molecule has 18 heavy (non-hydrogen) atoms. The first-order chi connectivity index (χ1) is 8.65. The number of fused-ring (bicyclic) bond motifs is 1. The minimum atomic E-state index is -0.0342.